The SMILES string of the molecule is COC(=O)/C(C=N)=C(/N)c1ccccc1. The van der Waals surface area contributed by atoms with Crippen molar-refractivity contribution in [2.45, 2.75) is 0 Å². The monoisotopic (exact) mass is 204 g/mol. The van der Waals surface area contributed by atoms with Crippen LogP contribution in [0.1, 0.15) is 5.56 Å². The number of benzene rings is 1. The number of nitrogens with one attached hydrogen (secondary N) is 1. The number of carbonyl (C=O) groups is 1. The van der Waals surface area contributed by atoms with Gasteiger partial charge in [0.1, 0.15) is 5.57 Å². The highest BCUT2D eigenvalue weighted by Gasteiger charge is 2.12. The molecular weight excluding hydrogens is 192 g/mol. The summed E-state index contributed by atoms with van der Waals surface area (Å²) in [5.41, 5.74) is 6.76. The van der Waals surface area contributed by atoms with E-state index in [1.807, 2.05) is 6.07 Å². The van der Waals surface area contributed by atoms with Crippen LogP contribution in [-0.2, 0) is 9.53 Å². The lowest BCUT2D eigenvalue weighted by molar-refractivity contribution is -0.135. The van der Waals surface area contributed by atoms with Gasteiger partial charge >= 0.3 is 5.97 Å². The Labute approximate surface area is 87.9 Å². The van der Waals surface area contributed by atoms with E-state index < -0.39 is 5.97 Å². The molecule has 1 aromatic carbocycles. The van der Waals surface area contributed by atoms with Gasteiger partial charge in [-0.2, -0.15) is 0 Å². The molecule has 0 amide bonds. The number of hydrogen-bond donors (Lipinski definition) is 2. The van der Waals surface area contributed by atoms with Crippen LogP contribution in [0.4, 0.5) is 0 Å². The molecule has 0 bridgehead atoms. The first-order chi connectivity index (χ1) is 7.20. The average Bonchev–Trinajstić information content (AvgIpc) is 2.30. The number of ether oxygens (including phenoxy) is 1. The summed E-state index contributed by atoms with van der Waals surface area (Å²) in [5, 5.41) is 7.11. The second-order valence-corrected chi connectivity index (χ2v) is 2.83. The van der Waals surface area contributed by atoms with Gasteiger partial charge in [0.05, 0.1) is 12.8 Å². The number of esters is 1. The fourth-order valence-electron chi connectivity index (χ4n) is 1.13. The Morgan fingerprint density at radius 3 is 2.47 bits per heavy atom. The van der Waals surface area contributed by atoms with E-state index in [-0.39, 0.29) is 11.3 Å². The molecule has 4 nitrogen and oxygen atoms in total. The van der Waals surface area contributed by atoms with Gasteiger partial charge in [0, 0.05) is 6.21 Å². The Kier molecular flexibility index (Phi) is 3.62. The molecule has 78 valence electrons. The molecule has 0 saturated heterocycles. The van der Waals surface area contributed by atoms with Gasteiger partial charge in [-0.05, 0) is 5.56 Å². The molecule has 0 spiro atoms. The van der Waals surface area contributed by atoms with Gasteiger partial charge in [-0.25, -0.2) is 4.79 Å². The van der Waals surface area contributed by atoms with Gasteiger partial charge in [-0.15, -0.1) is 0 Å². The topological polar surface area (TPSA) is 76.2 Å². The van der Waals surface area contributed by atoms with Crippen molar-refractivity contribution < 1.29 is 9.53 Å². The molecule has 0 radical (unpaired) electrons. The van der Waals surface area contributed by atoms with Gasteiger partial charge in [-0.1, -0.05) is 30.3 Å². The molecular formula is C11H12N2O2. The third kappa shape index (κ3) is 2.43. The van der Waals surface area contributed by atoms with Crippen molar-refractivity contribution in [3.05, 3.63) is 41.5 Å². The Balaban J connectivity index is 3.18. The standard InChI is InChI=1S/C11H12N2O2/c1-15-11(14)9(7-12)10(13)8-5-3-2-4-6-8/h2-7,12H,13H2,1H3/b10-9+,12-7?. The van der Waals surface area contributed by atoms with E-state index in [0.29, 0.717) is 5.56 Å². The van der Waals surface area contributed by atoms with E-state index in [2.05, 4.69) is 4.74 Å². The Morgan fingerprint density at radius 1 is 1.40 bits per heavy atom. The van der Waals surface area contributed by atoms with Crippen LogP contribution in [0.3, 0.4) is 0 Å². The summed E-state index contributed by atoms with van der Waals surface area (Å²) >= 11 is 0. The maximum Gasteiger partial charge on any atom is 0.341 e. The summed E-state index contributed by atoms with van der Waals surface area (Å²) < 4.78 is 4.52. The molecule has 0 saturated carbocycles. The van der Waals surface area contributed by atoms with Crippen molar-refractivity contribution in [3.63, 3.8) is 0 Å². The highest BCUT2D eigenvalue weighted by molar-refractivity contribution is 6.14. The molecule has 4 heteroatoms. The zero-order chi connectivity index (χ0) is 11.3. The van der Waals surface area contributed by atoms with Crippen LogP contribution in [0.2, 0.25) is 0 Å². The van der Waals surface area contributed by atoms with Gasteiger partial charge in [0.2, 0.25) is 0 Å². The summed E-state index contributed by atoms with van der Waals surface area (Å²) in [6.45, 7) is 0. The van der Waals surface area contributed by atoms with E-state index in [4.69, 9.17) is 11.1 Å². The van der Waals surface area contributed by atoms with E-state index in [1.54, 1.807) is 24.3 Å². The molecule has 0 aliphatic heterocycles. The van der Waals surface area contributed by atoms with Crippen molar-refractivity contribution in [1.29, 1.82) is 5.41 Å². The largest absolute Gasteiger partial charge is 0.465 e. The Bertz CT molecular complexity index is 396. The second-order valence-electron chi connectivity index (χ2n) is 2.83. The van der Waals surface area contributed by atoms with Crippen molar-refractivity contribution in [2.75, 3.05) is 7.11 Å². The lowest BCUT2D eigenvalue weighted by atomic mass is 10.1. The second kappa shape index (κ2) is 4.95. The lowest BCUT2D eigenvalue weighted by Crippen LogP contribution is -2.12. The van der Waals surface area contributed by atoms with Gasteiger partial charge in [0.25, 0.3) is 0 Å². The molecule has 0 aliphatic rings. The van der Waals surface area contributed by atoms with Crippen LogP contribution in [0.15, 0.2) is 35.9 Å². The molecule has 0 aromatic heterocycles. The predicted octanol–water partition coefficient (Wildman–Crippen LogP) is 1.18. The summed E-state index contributed by atoms with van der Waals surface area (Å²) in [7, 11) is 1.25. The lowest BCUT2D eigenvalue weighted by Gasteiger charge is -2.05. The van der Waals surface area contributed by atoms with Crippen LogP contribution in [0, 0.1) is 5.41 Å². The number of rotatable bonds is 3. The van der Waals surface area contributed by atoms with Crippen molar-refractivity contribution in [2.24, 2.45) is 5.73 Å². The molecule has 0 unspecified atom stereocenters. The third-order valence-corrected chi connectivity index (χ3v) is 1.92. The number of hydrogen-bond acceptors (Lipinski definition) is 4. The molecule has 0 atom stereocenters. The van der Waals surface area contributed by atoms with Crippen LogP contribution in [-0.4, -0.2) is 19.3 Å². The number of methoxy groups -OCH3 is 1. The summed E-state index contributed by atoms with van der Waals surface area (Å²) in [5.74, 6) is -0.605. The average molecular weight is 204 g/mol. The van der Waals surface area contributed by atoms with E-state index >= 15 is 0 Å². The van der Waals surface area contributed by atoms with Crippen LogP contribution >= 0.6 is 0 Å². The zero-order valence-electron chi connectivity index (χ0n) is 8.36. The fraction of sp³-hybridized carbons (Fsp3) is 0.0909. The van der Waals surface area contributed by atoms with Crippen molar-refractivity contribution >= 4 is 17.9 Å². The van der Waals surface area contributed by atoms with E-state index in [0.717, 1.165) is 6.21 Å². The van der Waals surface area contributed by atoms with Crippen LogP contribution in [0.25, 0.3) is 5.70 Å². The quantitative estimate of drug-likeness (QED) is 0.441. The summed E-state index contributed by atoms with van der Waals surface area (Å²) in [6.07, 6.45) is 0.897. The predicted molar refractivity (Wildman–Crippen MR) is 58.3 cm³/mol. The number of nitrogens with two attached hydrogens (primary N) is 1. The first-order valence-electron chi connectivity index (χ1n) is 4.34. The van der Waals surface area contributed by atoms with E-state index in [9.17, 15) is 4.79 Å². The van der Waals surface area contributed by atoms with Gasteiger partial charge in [0.15, 0.2) is 0 Å². The molecule has 0 heterocycles. The zero-order valence-corrected chi connectivity index (χ0v) is 8.36. The van der Waals surface area contributed by atoms with Crippen molar-refractivity contribution in [3.8, 4) is 0 Å². The maximum atomic E-state index is 11.2. The molecule has 1 aromatic rings. The minimum Gasteiger partial charge on any atom is -0.465 e. The molecule has 15 heavy (non-hydrogen) atoms. The summed E-state index contributed by atoms with van der Waals surface area (Å²) in [6, 6.07) is 8.99. The highest BCUT2D eigenvalue weighted by atomic mass is 16.5. The molecule has 1 rings (SSSR count). The minimum atomic E-state index is -0.605. The fourth-order valence-corrected chi connectivity index (χ4v) is 1.13. The van der Waals surface area contributed by atoms with Gasteiger partial charge in [-0.3, -0.25) is 0 Å². The Hall–Kier alpha value is -2.10. The highest BCUT2D eigenvalue weighted by Crippen LogP contribution is 2.12. The number of carbonyl (C=O) groups excluding carboxylic acids is 1. The van der Waals surface area contributed by atoms with Crippen molar-refractivity contribution in [1.82, 2.24) is 0 Å². The third-order valence-electron chi connectivity index (χ3n) is 1.92. The normalized spacial score (nSPS) is 11.5. The summed E-state index contributed by atoms with van der Waals surface area (Å²) in [4.78, 5) is 11.2. The first-order valence-corrected chi connectivity index (χ1v) is 4.34. The smallest absolute Gasteiger partial charge is 0.341 e. The van der Waals surface area contributed by atoms with Crippen LogP contribution < -0.4 is 5.73 Å². The molecule has 0 fully saturated rings. The molecule has 0 aliphatic carbocycles. The Morgan fingerprint density at radius 2 is 2.00 bits per heavy atom. The van der Waals surface area contributed by atoms with E-state index in [1.165, 1.54) is 7.11 Å². The van der Waals surface area contributed by atoms with Crippen LogP contribution in [0.5, 0.6) is 0 Å². The van der Waals surface area contributed by atoms with Gasteiger partial charge < -0.3 is 15.9 Å². The maximum absolute atomic E-state index is 11.2. The minimum absolute atomic E-state index is 0.0590. The molecule has 3 N–H and O–H groups in total. The first kappa shape index (κ1) is 11.0.